The van der Waals surface area contributed by atoms with Gasteiger partial charge in [-0.1, -0.05) is 51.5 Å². The summed E-state index contributed by atoms with van der Waals surface area (Å²) in [7, 11) is 0. The number of primary amides is 1. The summed E-state index contributed by atoms with van der Waals surface area (Å²) in [4.78, 5) is 81.5. The maximum Gasteiger partial charge on any atom is 0.408 e. The number of imide groups is 1. The largest absolute Gasteiger partial charge is 0.508 e. The molecule has 5 aliphatic rings. The molecule has 1 heterocycles. The minimum Gasteiger partial charge on any atom is -0.508 e. The van der Waals surface area contributed by atoms with Crippen molar-refractivity contribution in [3.63, 3.8) is 0 Å². The number of nitrogens with zero attached hydrogens (tertiary/aromatic N) is 1. The molecule has 0 bridgehead atoms. The van der Waals surface area contributed by atoms with Crippen molar-refractivity contribution in [2.45, 2.75) is 153 Å². The van der Waals surface area contributed by atoms with Gasteiger partial charge in [0.1, 0.15) is 23.9 Å². The Kier molecular flexibility index (Phi) is 14.0. The number of hydrogen-bond donors (Lipinski definition) is 7. The lowest BCUT2D eigenvalue weighted by molar-refractivity contribution is -0.148. The third-order valence-corrected chi connectivity index (χ3v) is 16.5. The summed E-state index contributed by atoms with van der Waals surface area (Å²) < 4.78 is 5.54. The molecular weight excluding hydrogens is 863 g/mol. The van der Waals surface area contributed by atoms with Crippen LogP contribution in [0.25, 0.3) is 0 Å². The van der Waals surface area contributed by atoms with Crippen LogP contribution in [0.5, 0.6) is 5.75 Å². The third kappa shape index (κ3) is 9.30. The van der Waals surface area contributed by atoms with E-state index in [0.717, 1.165) is 62.5 Å². The summed E-state index contributed by atoms with van der Waals surface area (Å²) in [5.74, 6) is -0.420. The molecular formula is C53H69N7O8. The Labute approximate surface area is 399 Å². The molecule has 4 aliphatic carbocycles. The number of carbonyl (C=O) groups excluding carboxylic acids is 6. The molecule has 364 valence electrons. The Morgan fingerprint density at radius 2 is 1.46 bits per heavy atom. The summed E-state index contributed by atoms with van der Waals surface area (Å²) in [6, 6.07) is 17.1. The Morgan fingerprint density at radius 3 is 2.18 bits per heavy atom. The maximum atomic E-state index is 15.2. The predicted octanol–water partition coefficient (Wildman–Crippen LogP) is 7.35. The lowest BCUT2D eigenvalue weighted by Gasteiger charge is -2.55. The minimum atomic E-state index is -0.893. The monoisotopic (exact) mass is 932 g/mol. The van der Waals surface area contributed by atoms with E-state index in [0.29, 0.717) is 75.0 Å². The van der Waals surface area contributed by atoms with Gasteiger partial charge < -0.3 is 42.6 Å². The third-order valence-electron chi connectivity index (χ3n) is 16.5. The highest BCUT2D eigenvalue weighted by Crippen LogP contribution is 2.65. The summed E-state index contributed by atoms with van der Waals surface area (Å²) in [5.41, 5.74) is 15.1. The number of hydrogen-bond acceptors (Lipinski definition) is 9. The molecule has 9 N–H and O–H groups in total. The molecule has 2 saturated carbocycles. The second-order valence-electron chi connectivity index (χ2n) is 20.8. The van der Waals surface area contributed by atoms with Gasteiger partial charge in [-0.25, -0.2) is 9.59 Å². The fourth-order valence-corrected chi connectivity index (χ4v) is 13.1. The standard InChI is InChI=1S/C53H69N7O8/c1-50-24-8-26-52(3,46(64)60-47(65)53(60)27-9-25-51(2)40-31-38(61)21-15-35(40)17-23-43(51)53)42(50)22-16-34-14-20-37(30-39(34)50)58-45(63)41(10-4-6-28-54)59-49(67)68-32-33-12-18-36(19-13-33)57-44(62)11-5-7-29-56-48(55)66/h12-15,18-21,30-31,41-43,61H,4-11,16-17,22-29,32,54H2,1-3H3,(H,57,62)(H,58,63)(H,59,67)(H3,55,56,66)/t41?,42?,43?,50-,51-,52+,53-,60?/m1/s1. The van der Waals surface area contributed by atoms with Crippen LogP contribution in [0.15, 0.2) is 60.7 Å². The van der Waals surface area contributed by atoms with Crippen molar-refractivity contribution >= 4 is 47.1 Å². The topological polar surface area (TPSA) is 235 Å². The highest BCUT2D eigenvalue weighted by atomic mass is 16.5. The van der Waals surface area contributed by atoms with E-state index in [9.17, 15) is 29.1 Å². The Bertz CT molecular complexity index is 2440. The van der Waals surface area contributed by atoms with Crippen LogP contribution in [-0.2, 0) is 54.2 Å². The van der Waals surface area contributed by atoms with E-state index in [1.165, 1.54) is 11.1 Å². The van der Waals surface area contributed by atoms with Gasteiger partial charge >= 0.3 is 12.1 Å². The number of anilines is 2. The van der Waals surface area contributed by atoms with Crippen molar-refractivity contribution < 1.29 is 38.6 Å². The number of fused-ring (bicyclic) bond motifs is 7. The van der Waals surface area contributed by atoms with Crippen molar-refractivity contribution in [3.05, 3.63) is 88.5 Å². The van der Waals surface area contributed by atoms with Gasteiger partial charge in [-0.05, 0) is 177 Å². The zero-order valence-corrected chi connectivity index (χ0v) is 39.8. The van der Waals surface area contributed by atoms with E-state index < -0.39 is 29.1 Å². The van der Waals surface area contributed by atoms with Crippen LogP contribution in [0.3, 0.4) is 0 Å². The van der Waals surface area contributed by atoms with Crippen LogP contribution in [0.1, 0.15) is 138 Å². The summed E-state index contributed by atoms with van der Waals surface area (Å²) in [6.45, 7) is 7.38. The molecule has 68 heavy (non-hydrogen) atoms. The van der Waals surface area contributed by atoms with E-state index >= 15 is 4.79 Å². The molecule has 7 amide bonds. The van der Waals surface area contributed by atoms with Crippen LogP contribution < -0.4 is 32.7 Å². The highest BCUT2D eigenvalue weighted by molar-refractivity contribution is 6.17. The molecule has 3 fully saturated rings. The lowest BCUT2D eigenvalue weighted by Crippen LogP contribution is -2.56. The second-order valence-corrected chi connectivity index (χ2v) is 20.8. The molecule has 15 heteroatoms. The van der Waals surface area contributed by atoms with E-state index in [1.54, 1.807) is 35.2 Å². The molecule has 3 unspecified atom stereocenters. The first kappa shape index (κ1) is 48.5. The van der Waals surface area contributed by atoms with Gasteiger partial charge in [-0.15, -0.1) is 0 Å². The van der Waals surface area contributed by atoms with Gasteiger partial charge in [0, 0.05) is 30.3 Å². The van der Waals surface area contributed by atoms with Crippen LogP contribution in [0, 0.1) is 17.3 Å². The molecule has 0 aromatic heterocycles. The number of aromatic hydroxyl groups is 1. The number of unbranched alkanes of at least 4 members (excludes halogenated alkanes) is 2. The summed E-state index contributed by atoms with van der Waals surface area (Å²) in [5, 5.41) is 21.7. The first-order valence-corrected chi connectivity index (χ1v) is 24.7. The van der Waals surface area contributed by atoms with Crippen molar-refractivity contribution in [3.8, 4) is 5.75 Å². The number of amides is 7. The number of carbonyl (C=O) groups is 6. The summed E-state index contributed by atoms with van der Waals surface area (Å²) >= 11 is 0. The Hall–Kier alpha value is -5.96. The van der Waals surface area contributed by atoms with Gasteiger partial charge in [0.2, 0.25) is 17.7 Å². The second kappa shape index (κ2) is 19.6. The summed E-state index contributed by atoms with van der Waals surface area (Å²) in [6.07, 6.45) is 10.5. The van der Waals surface area contributed by atoms with E-state index in [1.807, 2.05) is 24.3 Å². The average molecular weight is 932 g/mol. The van der Waals surface area contributed by atoms with E-state index in [-0.39, 0.29) is 65.1 Å². The van der Waals surface area contributed by atoms with Crippen molar-refractivity contribution in [1.29, 1.82) is 0 Å². The van der Waals surface area contributed by atoms with Crippen LogP contribution in [-0.4, -0.2) is 70.4 Å². The van der Waals surface area contributed by atoms with Gasteiger partial charge in [-0.3, -0.25) is 24.1 Å². The fraction of sp³-hybridized carbons (Fsp3) is 0.547. The minimum absolute atomic E-state index is 0.00979. The fourth-order valence-electron chi connectivity index (χ4n) is 13.1. The molecule has 7 atom stereocenters. The molecule has 1 saturated heterocycles. The van der Waals surface area contributed by atoms with Crippen molar-refractivity contribution in [2.75, 3.05) is 23.7 Å². The SMILES string of the molecule is C[C@]1(C(=O)N2C(=O)[C@]23CCC[C@]2(C)c4cc(O)ccc4CCC32)CCC[C@]2(C)c3cc(NC(=O)C(CCCCN)NC(=O)OCc4ccc(NC(=O)CCCCNC(N)=O)cc4)ccc3CCC12. The maximum absolute atomic E-state index is 15.2. The van der Waals surface area contributed by atoms with Gasteiger partial charge in [0.15, 0.2) is 0 Å². The van der Waals surface area contributed by atoms with Gasteiger partial charge in [0.05, 0.1) is 5.41 Å². The Morgan fingerprint density at radius 1 is 0.794 bits per heavy atom. The van der Waals surface area contributed by atoms with Gasteiger partial charge in [0.25, 0.3) is 5.91 Å². The quantitative estimate of drug-likeness (QED) is 0.0431. The average Bonchev–Trinajstić information content (AvgIpc) is 3.88. The molecule has 1 aliphatic heterocycles. The normalized spacial score (nSPS) is 27.1. The molecule has 8 rings (SSSR count). The molecule has 3 aromatic carbocycles. The van der Waals surface area contributed by atoms with Gasteiger partial charge in [-0.2, -0.15) is 0 Å². The number of alkyl carbamates (subject to hydrolysis) is 1. The number of ether oxygens (including phenoxy) is 1. The highest BCUT2D eigenvalue weighted by Gasteiger charge is 2.75. The number of aryl methyl sites for hydroxylation is 2. The number of phenolic OH excluding ortho intramolecular Hbond substituents is 1. The number of rotatable bonds is 16. The predicted molar refractivity (Wildman–Crippen MR) is 258 cm³/mol. The van der Waals surface area contributed by atoms with E-state index in [4.69, 9.17) is 16.2 Å². The number of urea groups is 1. The number of nitrogens with two attached hydrogens (primary N) is 2. The molecule has 3 aromatic rings. The zero-order valence-electron chi connectivity index (χ0n) is 39.8. The van der Waals surface area contributed by atoms with E-state index in [2.05, 4.69) is 48.1 Å². The first-order valence-electron chi connectivity index (χ1n) is 24.7. The number of benzene rings is 3. The van der Waals surface area contributed by atoms with Crippen LogP contribution >= 0.6 is 0 Å². The van der Waals surface area contributed by atoms with Crippen LogP contribution in [0.4, 0.5) is 21.0 Å². The zero-order chi connectivity index (χ0) is 48.4. The van der Waals surface area contributed by atoms with Crippen LogP contribution in [0.2, 0.25) is 0 Å². The number of phenols is 1. The smallest absolute Gasteiger partial charge is 0.408 e. The van der Waals surface area contributed by atoms with Crippen molar-refractivity contribution in [1.82, 2.24) is 15.5 Å². The lowest BCUT2D eigenvalue weighted by atomic mass is 9.49. The number of nitrogens with one attached hydrogen (secondary N) is 4. The molecule has 0 radical (unpaired) electrons. The Balaban J connectivity index is 0.909. The molecule has 1 spiro atoms. The molecule has 15 nitrogen and oxygen atoms in total. The first-order chi connectivity index (χ1) is 32.5. The van der Waals surface area contributed by atoms with Crippen molar-refractivity contribution in [2.24, 2.45) is 28.7 Å².